The molecule has 6 heteroatoms. The molecule has 0 aliphatic carbocycles. The molecule has 1 N–H and O–H groups in total. The van der Waals surface area contributed by atoms with E-state index in [4.69, 9.17) is 4.42 Å². The molecule has 1 atom stereocenters. The molecule has 1 unspecified atom stereocenters. The van der Waals surface area contributed by atoms with Crippen molar-refractivity contribution in [1.29, 1.82) is 0 Å². The van der Waals surface area contributed by atoms with Crippen LogP contribution < -0.4 is 5.32 Å². The first kappa shape index (κ1) is 15.4. The summed E-state index contributed by atoms with van der Waals surface area (Å²) in [6, 6.07) is 9.77. The summed E-state index contributed by atoms with van der Waals surface area (Å²) in [4.78, 5) is 16.5. The third-order valence-electron chi connectivity index (χ3n) is 3.38. The molecule has 3 rings (SSSR count). The van der Waals surface area contributed by atoms with Crippen LogP contribution in [0.25, 0.3) is 10.6 Å². The molecule has 1 amide bonds. The molecule has 0 saturated heterocycles. The Morgan fingerprint density at radius 3 is 2.78 bits per heavy atom. The van der Waals surface area contributed by atoms with Crippen LogP contribution in [0, 0.1) is 12.7 Å². The molecule has 2 aromatic heterocycles. The monoisotopic (exact) mass is 330 g/mol. The molecule has 118 valence electrons. The molecule has 0 saturated carbocycles. The Labute approximate surface area is 137 Å². The Morgan fingerprint density at radius 1 is 1.30 bits per heavy atom. The van der Waals surface area contributed by atoms with Gasteiger partial charge in [-0.2, -0.15) is 0 Å². The second-order valence-corrected chi connectivity index (χ2v) is 6.02. The molecule has 4 nitrogen and oxygen atoms in total. The number of carbonyl (C=O) groups is 1. The molecule has 2 heterocycles. The van der Waals surface area contributed by atoms with E-state index in [0.29, 0.717) is 16.3 Å². The Morgan fingerprint density at radius 2 is 2.09 bits per heavy atom. The molecule has 1 aromatic carbocycles. The molecule has 0 bridgehead atoms. The van der Waals surface area contributed by atoms with Gasteiger partial charge in [0.25, 0.3) is 5.91 Å². The average molecular weight is 330 g/mol. The van der Waals surface area contributed by atoms with Gasteiger partial charge >= 0.3 is 0 Å². The van der Waals surface area contributed by atoms with Gasteiger partial charge < -0.3 is 9.73 Å². The molecule has 0 aliphatic heterocycles. The Kier molecular flexibility index (Phi) is 4.25. The van der Waals surface area contributed by atoms with Crippen LogP contribution in [0.5, 0.6) is 0 Å². The molecule has 0 fully saturated rings. The lowest BCUT2D eigenvalue weighted by Crippen LogP contribution is -2.26. The van der Waals surface area contributed by atoms with E-state index in [2.05, 4.69) is 10.3 Å². The quantitative estimate of drug-likeness (QED) is 0.774. The van der Waals surface area contributed by atoms with E-state index in [1.807, 2.05) is 26.0 Å². The highest BCUT2D eigenvalue weighted by Crippen LogP contribution is 2.26. The Hall–Kier alpha value is -2.47. The van der Waals surface area contributed by atoms with Gasteiger partial charge in [-0.1, -0.05) is 12.1 Å². The van der Waals surface area contributed by atoms with Crippen molar-refractivity contribution in [1.82, 2.24) is 10.3 Å². The van der Waals surface area contributed by atoms with Gasteiger partial charge in [0.2, 0.25) is 0 Å². The number of hydrogen-bond donors (Lipinski definition) is 1. The van der Waals surface area contributed by atoms with Crippen LogP contribution in [-0.4, -0.2) is 10.9 Å². The Bertz CT molecular complexity index is 840. The lowest BCUT2D eigenvalue weighted by molar-refractivity contribution is 0.0931. The largest absolute Gasteiger partial charge is 0.464 e. The predicted molar refractivity (Wildman–Crippen MR) is 86.8 cm³/mol. The summed E-state index contributed by atoms with van der Waals surface area (Å²) in [7, 11) is 0. The van der Waals surface area contributed by atoms with Gasteiger partial charge in [-0.25, -0.2) is 9.37 Å². The maximum Gasteiger partial charge on any atom is 0.271 e. The van der Waals surface area contributed by atoms with E-state index in [-0.39, 0.29) is 23.5 Å². The minimum absolute atomic E-state index is 0.267. The zero-order valence-corrected chi connectivity index (χ0v) is 13.5. The summed E-state index contributed by atoms with van der Waals surface area (Å²) in [5.74, 6) is 0.802. The normalized spacial score (nSPS) is 12.1. The first-order valence-corrected chi connectivity index (χ1v) is 8.00. The SMILES string of the molecule is Cc1ccc(C(C)NC(=O)c2csc(-c3ccccc3F)n2)o1. The fourth-order valence-electron chi connectivity index (χ4n) is 2.16. The lowest BCUT2D eigenvalue weighted by Gasteiger charge is -2.10. The average Bonchev–Trinajstić information content (AvgIpc) is 3.16. The first-order chi connectivity index (χ1) is 11.0. The van der Waals surface area contributed by atoms with Crippen molar-refractivity contribution in [2.24, 2.45) is 0 Å². The van der Waals surface area contributed by atoms with Gasteiger partial charge in [-0.3, -0.25) is 4.79 Å². The summed E-state index contributed by atoms with van der Waals surface area (Å²) in [5.41, 5.74) is 0.662. The topological polar surface area (TPSA) is 55.1 Å². The van der Waals surface area contributed by atoms with Gasteiger partial charge in [0.15, 0.2) is 0 Å². The number of amides is 1. The highest BCUT2D eigenvalue weighted by atomic mass is 32.1. The maximum absolute atomic E-state index is 13.8. The fourth-order valence-corrected chi connectivity index (χ4v) is 2.99. The number of hydrogen-bond acceptors (Lipinski definition) is 4. The minimum atomic E-state index is -0.353. The fraction of sp³-hybridized carbons (Fsp3) is 0.176. The number of carbonyl (C=O) groups excluding carboxylic acids is 1. The zero-order valence-electron chi connectivity index (χ0n) is 12.7. The van der Waals surface area contributed by atoms with Gasteiger partial charge in [0.1, 0.15) is 28.0 Å². The van der Waals surface area contributed by atoms with Crippen molar-refractivity contribution in [3.8, 4) is 10.6 Å². The highest BCUT2D eigenvalue weighted by molar-refractivity contribution is 7.13. The number of nitrogens with one attached hydrogen (secondary N) is 1. The van der Waals surface area contributed by atoms with Crippen LogP contribution in [0.3, 0.4) is 0 Å². The molecule has 3 aromatic rings. The van der Waals surface area contributed by atoms with Crippen molar-refractivity contribution >= 4 is 17.2 Å². The number of furan rings is 1. The van der Waals surface area contributed by atoms with E-state index >= 15 is 0 Å². The molecule has 0 radical (unpaired) electrons. The Balaban J connectivity index is 1.75. The number of aromatic nitrogens is 1. The number of thiazole rings is 1. The van der Waals surface area contributed by atoms with Gasteiger partial charge in [-0.15, -0.1) is 11.3 Å². The van der Waals surface area contributed by atoms with Crippen LogP contribution in [0.2, 0.25) is 0 Å². The zero-order chi connectivity index (χ0) is 16.4. The summed E-state index contributed by atoms with van der Waals surface area (Å²) < 4.78 is 19.3. The summed E-state index contributed by atoms with van der Waals surface area (Å²) in [5, 5.41) is 4.93. The van der Waals surface area contributed by atoms with Crippen molar-refractivity contribution in [2.45, 2.75) is 19.9 Å². The van der Waals surface area contributed by atoms with Gasteiger partial charge in [0, 0.05) is 10.9 Å². The molecule has 0 aliphatic rings. The number of rotatable bonds is 4. The predicted octanol–water partition coefficient (Wildman–Crippen LogP) is 4.34. The number of nitrogens with zero attached hydrogens (tertiary/aromatic N) is 1. The number of aryl methyl sites for hydroxylation is 1. The maximum atomic E-state index is 13.8. The second kappa shape index (κ2) is 6.34. The van der Waals surface area contributed by atoms with Crippen molar-refractivity contribution in [3.05, 3.63) is 64.8 Å². The van der Waals surface area contributed by atoms with Gasteiger partial charge in [-0.05, 0) is 38.1 Å². The number of benzene rings is 1. The van der Waals surface area contributed by atoms with Crippen LogP contribution in [0.1, 0.15) is 35.0 Å². The molecule has 0 spiro atoms. The smallest absolute Gasteiger partial charge is 0.271 e. The van der Waals surface area contributed by atoms with Crippen molar-refractivity contribution in [3.63, 3.8) is 0 Å². The summed E-state index contributed by atoms with van der Waals surface area (Å²) >= 11 is 1.24. The molecule has 23 heavy (non-hydrogen) atoms. The third kappa shape index (κ3) is 3.32. The van der Waals surface area contributed by atoms with Crippen LogP contribution >= 0.6 is 11.3 Å². The minimum Gasteiger partial charge on any atom is -0.464 e. The lowest BCUT2D eigenvalue weighted by atomic mass is 10.2. The van der Waals surface area contributed by atoms with E-state index in [0.717, 1.165) is 5.76 Å². The van der Waals surface area contributed by atoms with Crippen LogP contribution in [-0.2, 0) is 0 Å². The van der Waals surface area contributed by atoms with Crippen LogP contribution in [0.15, 0.2) is 46.2 Å². The first-order valence-electron chi connectivity index (χ1n) is 7.12. The standard InChI is InChI=1S/C17H15FN2O2S/c1-10-7-8-15(22-10)11(2)19-16(21)14-9-23-17(20-14)12-5-3-4-6-13(12)18/h3-9,11H,1-2H3,(H,19,21). The van der Waals surface area contributed by atoms with E-state index in [1.54, 1.807) is 23.6 Å². The van der Waals surface area contributed by atoms with Crippen molar-refractivity contribution in [2.75, 3.05) is 0 Å². The third-order valence-corrected chi connectivity index (χ3v) is 4.25. The van der Waals surface area contributed by atoms with E-state index < -0.39 is 0 Å². The highest BCUT2D eigenvalue weighted by Gasteiger charge is 2.17. The van der Waals surface area contributed by atoms with E-state index in [1.165, 1.54) is 17.4 Å². The van der Waals surface area contributed by atoms with Crippen molar-refractivity contribution < 1.29 is 13.6 Å². The summed E-state index contributed by atoms with van der Waals surface area (Å²) in [6.07, 6.45) is 0. The molecular weight excluding hydrogens is 315 g/mol. The van der Waals surface area contributed by atoms with Crippen LogP contribution in [0.4, 0.5) is 4.39 Å². The van der Waals surface area contributed by atoms with Gasteiger partial charge in [0.05, 0.1) is 6.04 Å². The second-order valence-electron chi connectivity index (χ2n) is 5.16. The number of halogens is 1. The summed E-state index contributed by atoms with van der Waals surface area (Å²) in [6.45, 7) is 3.68. The van der Waals surface area contributed by atoms with E-state index in [9.17, 15) is 9.18 Å². The molecular formula is C17H15FN2O2S.